The Morgan fingerprint density at radius 2 is 2.04 bits per heavy atom. The first-order valence-electron chi connectivity index (χ1n) is 9.91. The molecule has 1 heterocycles. The highest BCUT2D eigenvalue weighted by atomic mass is 79.9. The van der Waals surface area contributed by atoms with Crippen molar-refractivity contribution in [2.75, 3.05) is 0 Å². The molecular weight excluding hydrogens is 396 g/mol. The lowest BCUT2D eigenvalue weighted by Crippen LogP contribution is -2.67. The van der Waals surface area contributed by atoms with Gasteiger partial charge in [-0.25, -0.2) is 0 Å². The van der Waals surface area contributed by atoms with E-state index in [1.165, 1.54) is 5.57 Å². The first kappa shape index (κ1) is 17.6. The molecule has 1 saturated heterocycles. The number of aliphatic hydroxyl groups is 1. The van der Waals surface area contributed by atoms with Crippen molar-refractivity contribution in [2.24, 2.45) is 22.7 Å². The second-order valence-corrected chi connectivity index (χ2v) is 11.1. The summed E-state index contributed by atoms with van der Waals surface area (Å²) in [5, 5.41) is 11.5. The van der Waals surface area contributed by atoms with E-state index in [1.54, 1.807) is 6.92 Å². The minimum atomic E-state index is -0.674. The van der Waals surface area contributed by atoms with Crippen molar-refractivity contribution in [1.82, 2.24) is 0 Å². The topological polar surface area (TPSA) is 66.9 Å². The van der Waals surface area contributed by atoms with Crippen LogP contribution in [-0.2, 0) is 14.3 Å². The molecule has 8 atom stereocenters. The van der Waals surface area contributed by atoms with E-state index in [9.17, 15) is 14.7 Å². The van der Waals surface area contributed by atoms with E-state index in [2.05, 4.69) is 29.8 Å². The van der Waals surface area contributed by atoms with E-state index < -0.39 is 16.0 Å². The average molecular weight is 423 g/mol. The molecule has 0 aromatic carbocycles. The lowest BCUT2D eigenvalue weighted by atomic mass is 9.45. The van der Waals surface area contributed by atoms with Crippen molar-refractivity contribution in [1.29, 1.82) is 0 Å². The summed E-state index contributed by atoms with van der Waals surface area (Å²) in [4.78, 5) is 24.5. The summed E-state index contributed by atoms with van der Waals surface area (Å²) in [5.74, 6) is 0.990. The van der Waals surface area contributed by atoms with Crippen LogP contribution < -0.4 is 0 Å². The molecule has 0 radical (unpaired) electrons. The molecule has 3 saturated carbocycles. The summed E-state index contributed by atoms with van der Waals surface area (Å²) in [6, 6.07) is 0. The van der Waals surface area contributed by atoms with Gasteiger partial charge in [0.15, 0.2) is 17.2 Å². The van der Waals surface area contributed by atoms with Gasteiger partial charge in [-0.05, 0) is 56.9 Å². The van der Waals surface area contributed by atoms with Gasteiger partial charge in [0.25, 0.3) is 0 Å². The third-order valence-corrected chi connectivity index (χ3v) is 11.0. The Morgan fingerprint density at radius 3 is 2.73 bits per heavy atom. The summed E-state index contributed by atoms with van der Waals surface area (Å²) in [7, 11) is 0. The molecule has 0 aromatic rings. The lowest BCUT2D eigenvalue weighted by molar-refractivity contribution is -0.147. The number of carbonyl (C=O) groups is 2. The van der Waals surface area contributed by atoms with Crippen LogP contribution in [0.15, 0.2) is 11.6 Å². The van der Waals surface area contributed by atoms with E-state index in [0.29, 0.717) is 24.7 Å². The smallest absolute Gasteiger partial charge is 0.164 e. The Labute approximate surface area is 162 Å². The zero-order valence-electron chi connectivity index (χ0n) is 15.7. The third-order valence-electron chi connectivity index (χ3n) is 9.00. The van der Waals surface area contributed by atoms with E-state index >= 15 is 0 Å². The number of fused-ring (bicyclic) bond motifs is 7. The van der Waals surface area contributed by atoms with Crippen LogP contribution in [0.25, 0.3) is 0 Å². The molecule has 1 aliphatic heterocycles. The number of allylic oxidation sites excluding steroid dienone is 1. The van der Waals surface area contributed by atoms with Gasteiger partial charge >= 0.3 is 0 Å². The molecule has 0 spiro atoms. The molecule has 26 heavy (non-hydrogen) atoms. The number of ketones is 2. The van der Waals surface area contributed by atoms with Crippen LogP contribution in [0.4, 0.5) is 0 Å². The van der Waals surface area contributed by atoms with Gasteiger partial charge in [-0.2, -0.15) is 0 Å². The fourth-order valence-electron chi connectivity index (χ4n) is 7.63. The summed E-state index contributed by atoms with van der Waals surface area (Å²) < 4.78 is 5.52. The Bertz CT molecular complexity index is 761. The third kappa shape index (κ3) is 1.66. The normalized spacial score (nSPS) is 57.4. The molecule has 4 aliphatic carbocycles. The van der Waals surface area contributed by atoms with E-state index in [1.807, 2.05) is 6.08 Å². The highest BCUT2D eigenvalue weighted by molar-refractivity contribution is 9.10. The number of alkyl halides is 1. The molecule has 2 unspecified atom stereocenters. The molecule has 0 amide bonds. The first-order valence-corrected chi connectivity index (χ1v) is 10.7. The molecule has 1 N–H and O–H groups in total. The van der Waals surface area contributed by atoms with Gasteiger partial charge in [-0.3, -0.25) is 9.59 Å². The standard InChI is InChI=1S/C21H27BrO4/c1-11(23)21-17(26-21)9-15-14-5-4-12-8-13(24)6-7-18(12,2)20(14,22)16(25)10-19(15,21)3/h8,14-17,25H,4-7,9-10H2,1-3H3/t14-,15-,16-,17?,18-,19-,20?,21+/m0/s1. The minimum absolute atomic E-state index is 0.0229. The minimum Gasteiger partial charge on any atom is -0.392 e. The van der Waals surface area contributed by atoms with Crippen LogP contribution in [0.5, 0.6) is 0 Å². The first-order chi connectivity index (χ1) is 12.1. The predicted molar refractivity (Wildman–Crippen MR) is 99.9 cm³/mol. The van der Waals surface area contributed by atoms with Crippen molar-refractivity contribution >= 4 is 27.5 Å². The zero-order chi connectivity index (χ0) is 18.7. The zero-order valence-corrected chi connectivity index (χ0v) is 17.3. The number of carbonyl (C=O) groups excluding carboxylic acids is 2. The second kappa shape index (κ2) is 4.90. The maximum absolute atomic E-state index is 12.5. The number of halogens is 1. The number of epoxide rings is 1. The molecule has 0 aromatic heterocycles. The van der Waals surface area contributed by atoms with Crippen molar-refractivity contribution in [3.63, 3.8) is 0 Å². The Kier molecular flexibility index (Phi) is 3.31. The Balaban J connectivity index is 1.61. The van der Waals surface area contributed by atoms with Crippen LogP contribution in [0.1, 0.15) is 59.3 Å². The SMILES string of the molecule is CC(=O)[C@@]12OC1C[C@H]1[C@@H]3CCC4=CC(=O)CC[C@]4(C)C3(Br)[C@@H](O)C[C@@]12C. The number of Topliss-reactive ketones (excluding diaryl/α,β-unsaturated/α-hetero) is 1. The summed E-state index contributed by atoms with van der Waals surface area (Å²) in [6.07, 6.45) is 6.01. The van der Waals surface area contributed by atoms with E-state index in [4.69, 9.17) is 4.74 Å². The van der Waals surface area contributed by atoms with Crippen molar-refractivity contribution in [3.8, 4) is 0 Å². The fourth-order valence-corrected chi connectivity index (χ4v) is 8.79. The number of rotatable bonds is 1. The van der Waals surface area contributed by atoms with Gasteiger partial charge in [0.2, 0.25) is 0 Å². The number of hydrogen-bond donors (Lipinski definition) is 1. The molecule has 5 heteroatoms. The fraction of sp³-hybridized carbons (Fsp3) is 0.810. The molecule has 4 fully saturated rings. The van der Waals surface area contributed by atoms with Gasteiger partial charge in [0, 0.05) is 17.3 Å². The van der Waals surface area contributed by atoms with E-state index in [-0.39, 0.29) is 28.5 Å². The van der Waals surface area contributed by atoms with Crippen LogP contribution in [-0.4, -0.2) is 38.8 Å². The highest BCUT2D eigenvalue weighted by Crippen LogP contribution is 2.75. The highest BCUT2D eigenvalue weighted by Gasteiger charge is 2.82. The maximum atomic E-state index is 12.5. The molecule has 142 valence electrons. The van der Waals surface area contributed by atoms with Crippen molar-refractivity contribution < 1.29 is 19.4 Å². The largest absolute Gasteiger partial charge is 0.392 e. The van der Waals surface area contributed by atoms with Crippen LogP contribution in [0, 0.1) is 22.7 Å². The van der Waals surface area contributed by atoms with Crippen LogP contribution in [0.2, 0.25) is 0 Å². The monoisotopic (exact) mass is 422 g/mol. The maximum Gasteiger partial charge on any atom is 0.164 e. The summed E-state index contributed by atoms with van der Waals surface area (Å²) in [5.41, 5.74) is 0.0198. The molecule has 5 aliphatic rings. The summed E-state index contributed by atoms with van der Waals surface area (Å²) in [6.45, 7) is 6.04. The van der Waals surface area contributed by atoms with Crippen LogP contribution in [0.3, 0.4) is 0 Å². The molecular formula is C21H27BrO4. The van der Waals surface area contributed by atoms with Gasteiger partial charge < -0.3 is 9.84 Å². The average Bonchev–Trinajstić information content (AvgIpc) is 3.25. The Morgan fingerprint density at radius 1 is 1.31 bits per heavy atom. The van der Waals surface area contributed by atoms with Crippen molar-refractivity contribution in [2.45, 2.75) is 81.4 Å². The predicted octanol–water partition coefficient (Wildman–Crippen LogP) is 3.34. The molecule has 5 rings (SSSR count). The quantitative estimate of drug-likeness (QED) is 0.519. The van der Waals surface area contributed by atoms with Gasteiger partial charge in [-0.1, -0.05) is 35.4 Å². The number of hydrogen-bond acceptors (Lipinski definition) is 4. The number of aliphatic hydroxyl groups excluding tert-OH is 1. The molecule has 0 bridgehead atoms. The second-order valence-electron chi connectivity index (χ2n) is 9.76. The Hall–Kier alpha value is -0.520. The lowest BCUT2D eigenvalue weighted by Gasteiger charge is -2.64. The van der Waals surface area contributed by atoms with Gasteiger partial charge in [0.1, 0.15) is 0 Å². The van der Waals surface area contributed by atoms with Gasteiger partial charge in [0.05, 0.1) is 16.5 Å². The van der Waals surface area contributed by atoms with Crippen LogP contribution >= 0.6 is 15.9 Å². The molecule has 4 nitrogen and oxygen atoms in total. The number of ether oxygens (including phenoxy) is 1. The van der Waals surface area contributed by atoms with Crippen molar-refractivity contribution in [3.05, 3.63) is 11.6 Å². The summed E-state index contributed by atoms with van der Waals surface area (Å²) >= 11 is 4.08. The van der Waals surface area contributed by atoms with Gasteiger partial charge in [-0.15, -0.1) is 0 Å². The van der Waals surface area contributed by atoms with E-state index in [0.717, 1.165) is 25.7 Å².